The van der Waals surface area contributed by atoms with E-state index in [2.05, 4.69) is 63.1 Å². The summed E-state index contributed by atoms with van der Waals surface area (Å²) in [7, 11) is 2.12. The van der Waals surface area contributed by atoms with Gasteiger partial charge in [0.15, 0.2) is 0 Å². The van der Waals surface area contributed by atoms with Crippen LogP contribution in [0, 0.1) is 12.8 Å². The molecule has 0 amide bonds. The lowest BCUT2D eigenvalue weighted by Gasteiger charge is -2.32. The van der Waals surface area contributed by atoms with Crippen LogP contribution in [-0.4, -0.2) is 53.3 Å². The van der Waals surface area contributed by atoms with Crippen LogP contribution in [0.15, 0.2) is 36.8 Å². The molecule has 3 aromatic rings. The summed E-state index contributed by atoms with van der Waals surface area (Å²) in [5.41, 5.74) is 4.42. The molecule has 0 spiro atoms. The molecule has 1 saturated heterocycles. The van der Waals surface area contributed by atoms with Crippen molar-refractivity contribution in [1.29, 1.82) is 0 Å². The minimum Gasteiger partial charge on any atom is -0.462 e. The molecule has 1 aliphatic rings. The Morgan fingerprint density at radius 3 is 2.69 bits per heavy atom. The zero-order valence-corrected chi connectivity index (χ0v) is 19.3. The summed E-state index contributed by atoms with van der Waals surface area (Å²) in [5.74, 6) is 0.984. The lowest BCUT2D eigenvalue weighted by Crippen LogP contribution is -2.38. The SMILES string of the molecule is CCOC(=O)c1cnc(N2CCC(CNCCc3cn(C)c4ccc(C)cc34)CC2)nc1. The number of rotatable bonds is 8. The monoisotopic (exact) mass is 435 g/mol. The number of nitrogens with zero attached hydrogens (tertiary/aromatic N) is 4. The second-order valence-electron chi connectivity index (χ2n) is 8.66. The Labute approximate surface area is 189 Å². The van der Waals surface area contributed by atoms with Crippen molar-refractivity contribution < 1.29 is 9.53 Å². The van der Waals surface area contributed by atoms with Gasteiger partial charge in [0.25, 0.3) is 0 Å². The number of benzene rings is 1. The predicted molar refractivity (Wildman–Crippen MR) is 127 cm³/mol. The Kier molecular flexibility index (Phi) is 7.05. The highest BCUT2D eigenvalue weighted by molar-refractivity contribution is 5.88. The molecular formula is C25H33N5O2. The predicted octanol–water partition coefficient (Wildman–Crippen LogP) is 3.50. The molecule has 1 aliphatic heterocycles. The van der Waals surface area contributed by atoms with Crippen LogP contribution in [0.5, 0.6) is 0 Å². The topological polar surface area (TPSA) is 72.3 Å². The molecule has 0 radical (unpaired) electrons. The lowest BCUT2D eigenvalue weighted by atomic mass is 9.97. The summed E-state index contributed by atoms with van der Waals surface area (Å²) in [6, 6.07) is 6.68. The Morgan fingerprint density at radius 2 is 1.97 bits per heavy atom. The van der Waals surface area contributed by atoms with Crippen LogP contribution in [0.1, 0.15) is 41.3 Å². The van der Waals surface area contributed by atoms with Gasteiger partial charge in [0.2, 0.25) is 5.95 Å². The third kappa shape index (κ3) is 5.10. The molecular weight excluding hydrogens is 402 g/mol. The van der Waals surface area contributed by atoms with Gasteiger partial charge in [-0.25, -0.2) is 14.8 Å². The van der Waals surface area contributed by atoms with Crippen LogP contribution in [-0.2, 0) is 18.2 Å². The van der Waals surface area contributed by atoms with E-state index >= 15 is 0 Å². The van der Waals surface area contributed by atoms with Gasteiger partial charge >= 0.3 is 5.97 Å². The normalized spacial score (nSPS) is 14.8. The van der Waals surface area contributed by atoms with Gasteiger partial charge in [-0.1, -0.05) is 11.6 Å². The molecule has 0 unspecified atom stereocenters. The minimum absolute atomic E-state index is 0.351. The number of carbonyl (C=O) groups is 1. The van der Waals surface area contributed by atoms with Crippen LogP contribution < -0.4 is 10.2 Å². The number of piperidine rings is 1. The van der Waals surface area contributed by atoms with E-state index in [1.165, 1.54) is 22.0 Å². The molecule has 2 aromatic heterocycles. The van der Waals surface area contributed by atoms with Crippen molar-refractivity contribution in [1.82, 2.24) is 19.9 Å². The van der Waals surface area contributed by atoms with Crippen molar-refractivity contribution in [3.8, 4) is 0 Å². The van der Waals surface area contributed by atoms with Gasteiger partial charge in [-0.2, -0.15) is 0 Å². The maximum Gasteiger partial charge on any atom is 0.341 e. The molecule has 1 N–H and O–H groups in total. The van der Waals surface area contributed by atoms with Crippen molar-refractivity contribution in [3.05, 3.63) is 53.5 Å². The molecule has 32 heavy (non-hydrogen) atoms. The number of carbonyl (C=O) groups excluding carboxylic acids is 1. The zero-order chi connectivity index (χ0) is 22.5. The molecule has 1 aromatic carbocycles. The number of anilines is 1. The minimum atomic E-state index is -0.373. The molecule has 0 atom stereocenters. The number of hydrogen-bond donors (Lipinski definition) is 1. The van der Waals surface area contributed by atoms with E-state index in [9.17, 15) is 4.79 Å². The molecule has 0 bridgehead atoms. The van der Waals surface area contributed by atoms with Gasteiger partial charge in [-0.15, -0.1) is 0 Å². The Balaban J connectivity index is 1.21. The summed E-state index contributed by atoms with van der Waals surface area (Å²) in [6.07, 6.45) is 8.65. The zero-order valence-electron chi connectivity index (χ0n) is 19.3. The summed E-state index contributed by atoms with van der Waals surface area (Å²) >= 11 is 0. The van der Waals surface area contributed by atoms with Crippen LogP contribution in [0.25, 0.3) is 10.9 Å². The van der Waals surface area contributed by atoms with Crippen molar-refractivity contribution >= 4 is 22.8 Å². The van der Waals surface area contributed by atoms with Crippen LogP contribution in [0.2, 0.25) is 0 Å². The first-order valence-corrected chi connectivity index (χ1v) is 11.5. The average molecular weight is 436 g/mol. The molecule has 7 heteroatoms. The number of hydrogen-bond acceptors (Lipinski definition) is 6. The number of aromatic nitrogens is 3. The molecule has 0 aliphatic carbocycles. The highest BCUT2D eigenvalue weighted by Crippen LogP contribution is 2.23. The first kappa shape index (κ1) is 22.3. The maximum atomic E-state index is 11.7. The largest absolute Gasteiger partial charge is 0.462 e. The lowest BCUT2D eigenvalue weighted by molar-refractivity contribution is 0.0525. The maximum absolute atomic E-state index is 11.7. The van der Waals surface area contributed by atoms with E-state index < -0.39 is 0 Å². The number of ether oxygens (including phenoxy) is 1. The molecule has 170 valence electrons. The molecule has 1 fully saturated rings. The summed E-state index contributed by atoms with van der Waals surface area (Å²) in [6.45, 7) is 8.20. The second-order valence-corrected chi connectivity index (χ2v) is 8.66. The smallest absolute Gasteiger partial charge is 0.341 e. The molecule has 7 nitrogen and oxygen atoms in total. The van der Waals surface area contributed by atoms with E-state index in [4.69, 9.17) is 4.74 Å². The molecule has 3 heterocycles. The van der Waals surface area contributed by atoms with Gasteiger partial charge in [-0.3, -0.25) is 0 Å². The highest BCUT2D eigenvalue weighted by Gasteiger charge is 2.21. The van der Waals surface area contributed by atoms with Gasteiger partial charge < -0.3 is 19.5 Å². The van der Waals surface area contributed by atoms with Gasteiger partial charge in [0.05, 0.1) is 12.2 Å². The molecule has 0 saturated carbocycles. The Hall–Kier alpha value is -2.93. The average Bonchev–Trinajstić information content (AvgIpc) is 3.12. The fourth-order valence-electron chi connectivity index (χ4n) is 4.46. The van der Waals surface area contributed by atoms with Gasteiger partial charge in [0, 0.05) is 49.6 Å². The third-order valence-corrected chi connectivity index (χ3v) is 6.28. The number of fused-ring (bicyclic) bond motifs is 1. The van der Waals surface area contributed by atoms with E-state index in [1.54, 1.807) is 19.3 Å². The summed E-state index contributed by atoms with van der Waals surface area (Å²) in [5, 5.41) is 5.04. The van der Waals surface area contributed by atoms with Gasteiger partial charge in [-0.05, 0) is 69.8 Å². The Bertz CT molecular complexity index is 1050. The van der Waals surface area contributed by atoms with Crippen LogP contribution >= 0.6 is 0 Å². The molecule has 4 rings (SSSR count). The van der Waals surface area contributed by atoms with Crippen molar-refractivity contribution in [2.75, 3.05) is 37.7 Å². The standard InChI is InChI=1S/C25H33N5O2/c1-4-32-24(31)21-15-27-25(28-16-21)30-11-8-19(9-12-30)14-26-10-7-20-17-29(3)23-6-5-18(2)13-22(20)23/h5-6,13,15-17,19,26H,4,7-12,14H2,1-3H3. The van der Waals surface area contributed by atoms with E-state index in [1.807, 2.05) is 0 Å². The van der Waals surface area contributed by atoms with E-state index in [0.29, 0.717) is 24.0 Å². The quantitative estimate of drug-likeness (QED) is 0.431. The van der Waals surface area contributed by atoms with Crippen molar-refractivity contribution in [2.45, 2.75) is 33.1 Å². The van der Waals surface area contributed by atoms with Crippen molar-refractivity contribution in [3.63, 3.8) is 0 Å². The number of esters is 1. The Morgan fingerprint density at radius 1 is 1.22 bits per heavy atom. The summed E-state index contributed by atoms with van der Waals surface area (Å²) < 4.78 is 7.21. The number of aryl methyl sites for hydroxylation is 2. The van der Waals surface area contributed by atoms with Crippen molar-refractivity contribution in [2.24, 2.45) is 13.0 Å². The fourth-order valence-corrected chi connectivity index (χ4v) is 4.46. The highest BCUT2D eigenvalue weighted by atomic mass is 16.5. The third-order valence-electron chi connectivity index (χ3n) is 6.28. The first-order chi connectivity index (χ1) is 15.5. The van der Waals surface area contributed by atoms with Gasteiger partial charge in [0.1, 0.15) is 0 Å². The summed E-state index contributed by atoms with van der Waals surface area (Å²) in [4.78, 5) is 22.7. The number of nitrogens with one attached hydrogen (secondary N) is 1. The van der Waals surface area contributed by atoms with Crippen LogP contribution in [0.3, 0.4) is 0 Å². The van der Waals surface area contributed by atoms with E-state index in [0.717, 1.165) is 45.4 Å². The fraction of sp³-hybridized carbons (Fsp3) is 0.480. The second kappa shape index (κ2) is 10.1. The van der Waals surface area contributed by atoms with E-state index in [-0.39, 0.29) is 5.97 Å². The van der Waals surface area contributed by atoms with Crippen LogP contribution in [0.4, 0.5) is 5.95 Å². The first-order valence-electron chi connectivity index (χ1n) is 11.5.